The highest BCUT2D eigenvalue weighted by Gasteiger charge is 2.27. The Morgan fingerprint density at radius 2 is 2.12 bits per heavy atom. The fraction of sp³-hybridized carbons (Fsp3) is 0.667. The van der Waals surface area contributed by atoms with E-state index in [4.69, 9.17) is 17.3 Å². The summed E-state index contributed by atoms with van der Waals surface area (Å²) in [6, 6.07) is 4.59. The lowest BCUT2D eigenvalue weighted by molar-refractivity contribution is 0.222. The van der Waals surface area contributed by atoms with Crippen LogP contribution in [0.25, 0.3) is 0 Å². The quantitative estimate of drug-likeness (QED) is 0.900. The maximum absolute atomic E-state index is 5.99. The molecule has 1 aromatic heterocycles. The van der Waals surface area contributed by atoms with Crippen molar-refractivity contribution < 1.29 is 0 Å². The lowest BCUT2D eigenvalue weighted by atomic mass is 9.99. The molecular weight excluding hydrogens is 240 g/mol. The maximum Gasteiger partial charge on any atom is 0.0931 e. The van der Waals surface area contributed by atoms with Crippen LogP contribution in [0.3, 0.4) is 0 Å². The molecule has 1 fully saturated rings. The molecule has 90 valence electrons. The van der Waals surface area contributed by atoms with Gasteiger partial charge in [-0.05, 0) is 38.1 Å². The van der Waals surface area contributed by atoms with Crippen molar-refractivity contribution in [1.82, 2.24) is 4.90 Å². The van der Waals surface area contributed by atoms with Gasteiger partial charge in [-0.2, -0.15) is 0 Å². The Morgan fingerprint density at radius 1 is 1.44 bits per heavy atom. The zero-order chi connectivity index (χ0) is 11.5. The molecule has 0 spiro atoms. The Kier molecular flexibility index (Phi) is 4.25. The van der Waals surface area contributed by atoms with Gasteiger partial charge < -0.3 is 5.73 Å². The van der Waals surface area contributed by atoms with E-state index in [9.17, 15) is 0 Å². The molecule has 0 saturated carbocycles. The van der Waals surface area contributed by atoms with E-state index in [0.717, 1.165) is 10.9 Å². The van der Waals surface area contributed by atoms with Crippen molar-refractivity contribution in [2.24, 2.45) is 5.73 Å². The molecular formula is C12H19ClN2S. The van der Waals surface area contributed by atoms with Gasteiger partial charge in [-0.1, -0.05) is 18.5 Å². The zero-order valence-electron chi connectivity index (χ0n) is 9.66. The predicted octanol–water partition coefficient (Wildman–Crippen LogP) is 2.93. The molecule has 1 saturated heterocycles. The van der Waals surface area contributed by atoms with Crippen LogP contribution >= 0.6 is 22.9 Å². The summed E-state index contributed by atoms with van der Waals surface area (Å²) in [5.41, 5.74) is 5.93. The standard InChI is InChI=1S/C12H19ClN2S/c1-9(11-4-5-12(13)16-11)10(8-14)15-6-2-3-7-15/h4-5,9-10H,2-3,6-8,14H2,1H3. The Hall–Kier alpha value is -0.0900. The van der Waals surface area contributed by atoms with Crippen molar-refractivity contribution in [3.05, 3.63) is 21.3 Å². The lowest BCUT2D eigenvalue weighted by Gasteiger charge is -2.31. The molecule has 0 bridgehead atoms. The second-order valence-electron chi connectivity index (χ2n) is 4.48. The molecule has 2 unspecified atom stereocenters. The third kappa shape index (κ3) is 2.59. The van der Waals surface area contributed by atoms with Gasteiger partial charge in [-0.3, -0.25) is 4.90 Å². The second-order valence-corrected chi connectivity index (χ2v) is 6.22. The summed E-state index contributed by atoms with van der Waals surface area (Å²) in [5, 5.41) is 0. The molecule has 2 heterocycles. The highest BCUT2D eigenvalue weighted by atomic mass is 35.5. The molecule has 0 aromatic carbocycles. The minimum absolute atomic E-state index is 0.470. The molecule has 4 heteroatoms. The van der Waals surface area contributed by atoms with E-state index in [1.165, 1.54) is 30.8 Å². The Balaban J connectivity index is 2.08. The highest BCUT2D eigenvalue weighted by Crippen LogP contribution is 2.32. The molecule has 0 aliphatic carbocycles. The minimum Gasteiger partial charge on any atom is -0.329 e. The molecule has 1 aromatic rings. The molecule has 2 atom stereocenters. The smallest absolute Gasteiger partial charge is 0.0931 e. The molecule has 16 heavy (non-hydrogen) atoms. The van der Waals surface area contributed by atoms with Gasteiger partial charge in [0.05, 0.1) is 4.34 Å². The normalized spacial score (nSPS) is 21.2. The monoisotopic (exact) mass is 258 g/mol. The number of halogens is 1. The van der Waals surface area contributed by atoms with Crippen LogP contribution in [0.4, 0.5) is 0 Å². The van der Waals surface area contributed by atoms with E-state index in [1.54, 1.807) is 11.3 Å². The second kappa shape index (κ2) is 5.50. The van der Waals surface area contributed by atoms with E-state index in [1.807, 2.05) is 6.07 Å². The first-order chi connectivity index (χ1) is 7.72. The molecule has 0 radical (unpaired) electrons. The first-order valence-corrected chi connectivity index (χ1v) is 7.11. The van der Waals surface area contributed by atoms with E-state index < -0.39 is 0 Å². The number of likely N-dealkylation sites (tertiary alicyclic amines) is 1. The number of hydrogen-bond donors (Lipinski definition) is 1. The van der Waals surface area contributed by atoms with E-state index in [0.29, 0.717) is 12.0 Å². The van der Waals surface area contributed by atoms with Gasteiger partial charge in [0.2, 0.25) is 0 Å². The summed E-state index contributed by atoms with van der Waals surface area (Å²) >= 11 is 7.67. The van der Waals surface area contributed by atoms with Crippen molar-refractivity contribution in [3.8, 4) is 0 Å². The lowest BCUT2D eigenvalue weighted by Crippen LogP contribution is -2.42. The van der Waals surface area contributed by atoms with Gasteiger partial charge in [-0.15, -0.1) is 11.3 Å². The molecule has 1 aliphatic rings. The number of rotatable bonds is 4. The molecule has 2 rings (SSSR count). The summed E-state index contributed by atoms with van der Waals surface area (Å²) < 4.78 is 0.874. The molecule has 2 nitrogen and oxygen atoms in total. The predicted molar refractivity (Wildman–Crippen MR) is 71.4 cm³/mol. The van der Waals surface area contributed by atoms with Gasteiger partial charge in [0, 0.05) is 23.4 Å². The zero-order valence-corrected chi connectivity index (χ0v) is 11.2. The van der Waals surface area contributed by atoms with Gasteiger partial charge in [-0.25, -0.2) is 0 Å². The van der Waals surface area contributed by atoms with Crippen LogP contribution in [-0.4, -0.2) is 30.6 Å². The first-order valence-electron chi connectivity index (χ1n) is 5.91. The number of nitrogens with two attached hydrogens (primary N) is 1. The van der Waals surface area contributed by atoms with E-state index in [2.05, 4.69) is 17.9 Å². The van der Waals surface area contributed by atoms with Gasteiger partial charge in [0.1, 0.15) is 0 Å². The van der Waals surface area contributed by atoms with Crippen molar-refractivity contribution in [2.45, 2.75) is 31.7 Å². The largest absolute Gasteiger partial charge is 0.329 e. The fourth-order valence-electron chi connectivity index (χ4n) is 2.51. The highest BCUT2D eigenvalue weighted by molar-refractivity contribution is 7.16. The summed E-state index contributed by atoms with van der Waals surface area (Å²) in [7, 11) is 0. The third-order valence-electron chi connectivity index (χ3n) is 3.47. The number of thiophene rings is 1. The Bertz CT molecular complexity index is 334. The topological polar surface area (TPSA) is 29.3 Å². The van der Waals surface area contributed by atoms with Crippen LogP contribution in [0.1, 0.15) is 30.6 Å². The Labute approximate surface area is 106 Å². The van der Waals surface area contributed by atoms with Gasteiger partial charge in [0.25, 0.3) is 0 Å². The first kappa shape index (κ1) is 12.4. The van der Waals surface area contributed by atoms with Crippen LogP contribution in [0.2, 0.25) is 4.34 Å². The van der Waals surface area contributed by atoms with Gasteiger partial charge in [0.15, 0.2) is 0 Å². The van der Waals surface area contributed by atoms with Gasteiger partial charge >= 0.3 is 0 Å². The van der Waals surface area contributed by atoms with Crippen molar-refractivity contribution in [1.29, 1.82) is 0 Å². The van der Waals surface area contributed by atoms with Crippen molar-refractivity contribution in [2.75, 3.05) is 19.6 Å². The maximum atomic E-state index is 5.99. The minimum atomic E-state index is 0.470. The summed E-state index contributed by atoms with van der Waals surface area (Å²) in [6.07, 6.45) is 2.63. The van der Waals surface area contributed by atoms with E-state index in [-0.39, 0.29) is 0 Å². The average molecular weight is 259 g/mol. The SMILES string of the molecule is CC(c1ccc(Cl)s1)C(CN)N1CCCC1. The van der Waals surface area contributed by atoms with Crippen LogP contribution in [-0.2, 0) is 0 Å². The van der Waals surface area contributed by atoms with Crippen LogP contribution in [0, 0.1) is 0 Å². The van der Waals surface area contributed by atoms with Crippen LogP contribution in [0.15, 0.2) is 12.1 Å². The van der Waals surface area contributed by atoms with E-state index >= 15 is 0 Å². The number of nitrogens with zero attached hydrogens (tertiary/aromatic N) is 1. The number of hydrogen-bond acceptors (Lipinski definition) is 3. The fourth-order valence-corrected chi connectivity index (χ4v) is 3.68. The van der Waals surface area contributed by atoms with Crippen molar-refractivity contribution in [3.63, 3.8) is 0 Å². The molecule has 0 amide bonds. The van der Waals surface area contributed by atoms with Crippen molar-refractivity contribution >= 4 is 22.9 Å². The van der Waals surface area contributed by atoms with Crippen LogP contribution < -0.4 is 5.73 Å². The summed E-state index contributed by atoms with van der Waals surface area (Å²) in [4.78, 5) is 3.88. The Morgan fingerprint density at radius 3 is 2.62 bits per heavy atom. The van der Waals surface area contributed by atoms with Crippen LogP contribution in [0.5, 0.6) is 0 Å². The average Bonchev–Trinajstić information content (AvgIpc) is 2.90. The molecule has 1 aliphatic heterocycles. The summed E-state index contributed by atoms with van der Waals surface area (Å²) in [6.45, 7) is 5.39. The molecule has 2 N–H and O–H groups in total. The third-order valence-corrected chi connectivity index (χ3v) is 4.90. The summed E-state index contributed by atoms with van der Waals surface area (Å²) in [5.74, 6) is 0.487.